The predicted octanol–water partition coefficient (Wildman–Crippen LogP) is 6.28. The Kier molecular flexibility index (Phi) is 7.76. The smallest absolute Gasteiger partial charge is 0.168 e. The highest BCUT2D eigenvalue weighted by molar-refractivity contribution is 5.59. The minimum atomic E-state index is 0.570. The Labute approximate surface area is 173 Å². The molecule has 3 heteroatoms. The van der Waals surface area contributed by atoms with Crippen molar-refractivity contribution < 1.29 is 14.2 Å². The molecule has 0 atom stereocenters. The summed E-state index contributed by atoms with van der Waals surface area (Å²) in [5, 5.41) is 0. The van der Waals surface area contributed by atoms with E-state index in [1.807, 2.05) is 60.7 Å². The quantitative estimate of drug-likeness (QED) is 0.382. The standard InChI is InChI=1S/C26H28O3/c1-3-10-22-15-16-24(25(19-22)27-2)29-20-26(23-13-8-5-9-14-23)28-18-17-21-11-6-4-7-12-21/h4-9,11-16,19-20H,3,10,17-18H2,1-2H3. The third-order valence-corrected chi connectivity index (χ3v) is 4.61. The minimum Gasteiger partial charge on any atom is -0.493 e. The first-order valence-electron chi connectivity index (χ1n) is 10.1. The highest BCUT2D eigenvalue weighted by Gasteiger charge is 2.08. The van der Waals surface area contributed by atoms with Crippen LogP contribution in [0.25, 0.3) is 5.76 Å². The fourth-order valence-electron chi connectivity index (χ4n) is 3.08. The van der Waals surface area contributed by atoms with Crippen LogP contribution in [0.5, 0.6) is 11.5 Å². The summed E-state index contributed by atoms with van der Waals surface area (Å²) in [5.74, 6) is 2.09. The van der Waals surface area contributed by atoms with Gasteiger partial charge in [0.1, 0.15) is 6.26 Å². The van der Waals surface area contributed by atoms with E-state index in [1.165, 1.54) is 11.1 Å². The zero-order valence-electron chi connectivity index (χ0n) is 17.1. The second kappa shape index (κ2) is 11.0. The van der Waals surface area contributed by atoms with E-state index < -0.39 is 0 Å². The molecule has 0 saturated heterocycles. The molecule has 0 unspecified atom stereocenters. The van der Waals surface area contributed by atoms with Gasteiger partial charge in [0.15, 0.2) is 17.3 Å². The van der Waals surface area contributed by atoms with Crippen LogP contribution < -0.4 is 9.47 Å². The Balaban J connectivity index is 1.74. The topological polar surface area (TPSA) is 27.7 Å². The molecule has 3 aromatic rings. The molecule has 0 spiro atoms. The first kappa shape index (κ1) is 20.5. The molecule has 150 valence electrons. The molecule has 0 aliphatic rings. The van der Waals surface area contributed by atoms with Gasteiger partial charge >= 0.3 is 0 Å². The van der Waals surface area contributed by atoms with Gasteiger partial charge in [0, 0.05) is 12.0 Å². The molecule has 0 fully saturated rings. The lowest BCUT2D eigenvalue weighted by Gasteiger charge is -2.13. The lowest BCUT2D eigenvalue weighted by atomic mass is 10.1. The second-order valence-electron chi connectivity index (χ2n) is 6.79. The highest BCUT2D eigenvalue weighted by atomic mass is 16.5. The molecule has 0 radical (unpaired) electrons. The first-order chi connectivity index (χ1) is 14.3. The Morgan fingerprint density at radius 2 is 1.52 bits per heavy atom. The van der Waals surface area contributed by atoms with Crippen LogP contribution in [0.3, 0.4) is 0 Å². The predicted molar refractivity (Wildman–Crippen MR) is 118 cm³/mol. The number of rotatable bonds is 10. The molecular weight excluding hydrogens is 360 g/mol. The fraction of sp³-hybridized carbons (Fsp3) is 0.231. The van der Waals surface area contributed by atoms with Crippen LogP contribution >= 0.6 is 0 Å². The van der Waals surface area contributed by atoms with Crippen LogP contribution in [0.15, 0.2) is 85.1 Å². The molecule has 29 heavy (non-hydrogen) atoms. The molecule has 3 rings (SSSR count). The maximum absolute atomic E-state index is 6.08. The lowest BCUT2D eigenvalue weighted by molar-refractivity contribution is 0.271. The van der Waals surface area contributed by atoms with Gasteiger partial charge in [0.05, 0.1) is 13.7 Å². The normalized spacial score (nSPS) is 11.2. The third kappa shape index (κ3) is 6.15. The zero-order valence-corrected chi connectivity index (χ0v) is 17.1. The molecular formula is C26H28O3. The molecule has 0 saturated carbocycles. The SMILES string of the molecule is CCCc1ccc(OC=C(OCCc2ccccc2)c2ccccc2)c(OC)c1. The first-order valence-corrected chi connectivity index (χ1v) is 10.1. The van der Waals surface area contributed by atoms with E-state index in [0.717, 1.165) is 30.6 Å². The molecule has 0 aromatic heterocycles. The van der Waals surface area contributed by atoms with Gasteiger partial charge in [-0.3, -0.25) is 0 Å². The van der Waals surface area contributed by atoms with Gasteiger partial charge in [-0.15, -0.1) is 0 Å². The molecule has 0 amide bonds. The van der Waals surface area contributed by atoms with Crippen molar-refractivity contribution in [2.75, 3.05) is 13.7 Å². The Bertz CT molecular complexity index is 902. The van der Waals surface area contributed by atoms with E-state index in [4.69, 9.17) is 14.2 Å². The van der Waals surface area contributed by atoms with E-state index in [9.17, 15) is 0 Å². The summed E-state index contributed by atoms with van der Waals surface area (Å²) in [4.78, 5) is 0. The van der Waals surface area contributed by atoms with Crippen LogP contribution in [0.4, 0.5) is 0 Å². The van der Waals surface area contributed by atoms with Crippen molar-refractivity contribution >= 4 is 5.76 Å². The molecule has 3 aromatic carbocycles. The lowest BCUT2D eigenvalue weighted by Crippen LogP contribution is -2.01. The fourth-order valence-corrected chi connectivity index (χ4v) is 3.08. The van der Waals surface area contributed by atoms with Gasteiger partial charge in [0.2, 0.25) is 0 Å². The number of hydrogen-bond donors (Lipinski definition) is 0. The van der Waals surface area contributed by atoms with Crippen molar-refractivity contribution in [1.82, 2.24) is 0 Å². The average Bonchev–Trinajstić information content (AvgIpc) is 2.78. The number of methoxy groups -OCH3 is 1. The summed E-state index contributed by atoms with van der Waals surface area (Å²) in [6, 6.07) is 26.4. The number of hydrogen-bond acceptors (Lipinski definition) is 3. The van der Waals surface area contributed by atoms with Crippen LogP contribution in [-0.2, 0) is 17.6 Å². The van der Waals surface area contributed by atoms with Crippen molar-refractivity contribution in [1.29, 1.82) is 0 Å². The van der Waals surface area contributed by atoms with Crippen molar-refractivity contribution in [3.8, 4) is 11.5 Å². The third-order valence-electron chi connectivity index (χ3n) is 4.61. The maximum Gasteiger partial charge on any atom is 0.168 e. The largest absolute Gasteiger partial charge is 0.493 e. The molecule has 0 bridgehead atoms. The van der Waals surface area contributed by atoms with Gasteiger partial charge < -0.3 is 14.2 Å². The number of ether oxygens (including phenoxy) is 3. The van der Waals surface area contributed by atoms with Gasteiger partial charge in [-0.25, -0.2) is 0 Å². The monoisotopic (exact) mass is 388 g/mol. The summed E-state index contributed by atoms with van der Waals surface area (Å²) in [7, 11) is 1.66. The summed E-state index contributed by atoms with van der Waals surface area (Å²) in [6.07, 6.45) is 4.61. The number of aryl methyl sites for hydroxylation is 1. The van der Waals surface area contributed by atoms with Gasteiger partial charge in [-0.1, -0.05) is 80.1 Å². The van der Waals surface area contributed by atoms with E-state index in [2.05, 4.69) is 25.1 Å². The van der Waals surface area contributed by atoms with Crippen molar-refractivity contribution in [3.05, 3.63) is 102 Å². The van der Waals surface area contributed by atoms with Gasteiger partial charge in [-0.2, -0.15) is 0 Å². The van der Waals surface area contributed by atoms with E-state index in [-0.39, 0.29) is 0 Å². The Morgan fingerprint density at radius 3 is 2.21 bits per heavy atom. The van der Waals surface area contributed by atoms with Crippen LogP contribution in [0, 0.1) is 0 Å². The Morgan fingerprint density at radius 1 is 0.793 bits per heavy atom. The summed E-state index contributed by atoms with van der Waals surface area (Å²) in [6.45, 7) is 2.74. The zero-order chi connectivity index (χ0) is 20.3. The van der Waals surface area contributed by atoms with Crippen LogP contribution in [0.2, 0.25) is 0 Å². The van der Waals surface area contributed by atoms with Crippen molar-refractivity contribution in [2.24, 2.45) is 0 Å². The average molecular weight is 389 g/mol. The number of benzene rings is 3. The van der Waals surface area contributed by atoms with Gasteiger partial charge in [0.25, 0.3) is 0 Å². The van der Waals surface area contributed by atoms with E-state index in [1.54, 1.807) is 13.4 Å². The Hall–Kier alpha value is -3.20. The maximum atomic E-state index is 6.08. The van der Waals surface area contributed by atoms with Gasteiger partial charge in [-0.05, 0) is 29.7 Å². The molecule has 0 heterocycles. The summed E-state index contributed by atoms with van der Waals surface area (Å²) in [5.41, 5.74) is 3.46. The second-order valence-corrected chi connectivity index (χ2v) is 6.79. The molecule has 0 N–H and O–H groups in total. The molecule has 3 nitrogen and oxygen atoms in total. The summed E-state index contributed by atoms with van der Waals surface area (Å²) < 4.78 is 17.6. The molecule has 0 aliphatic heterocycles. The van der Waals surface area contributed by atoms with E-state index >= 15 is 0 Å². The van der Waals surface area contributed by atoms with Crippen molar-refractivity contribution in [3.63, 3.8) is 0 Å². The van der Waals surface area contributed by atoms with E-state index in [0.29, 0.717) is 18.1 Å². The summed E-state index contributed by atoms with van der Waals surface area (Å²) >= 11 is 0. The minimum absolute atomic E-state index is 0.570. The van der Waals surface area contributed by atoms with Crippen LogP contribution in [-0.4, -0.2) is 13.7 Å². The highest BCUT2D eigenvalue weighted by Crippen LogP contribution is 2.29. The molecule has 0 aliphatic carbocycles. The van der Waals surface area contributed by atoms with Crippen LogP contribution in [0.1, 0.15) is 30.0 Å². The van der Waals surface area contributed by atoms with Crippen molar-refractivity contribution in [2.45, 2.75) is 26.2 Å².